The number of hydrogen-bond acceptors (Lipinski definition) is 3. The zero-order valence-corrected chi connectivity index (χ0v) is 14.9. The molecule has 0 radical (unpaired) electrons. The summed E-state index contributed by atoms with van der Waals surface area (Å²) in [4.78, 5) is 26.6. The van der Waals surface area contributed by atoms with Gasteiger partial charge in [-0.15, -0.1) is 0 Å². The van der Waals surface area contributed by atoms with E-state index in [1.807, 2.05) is 17.0 Å². The fourth-order valence-electron chi connectivity index (χ4n) is 2.70. The summed E-state index contributed by atoms with van der Waals surface area (Å²) < 4.78 is 1.59. The molecule has 25 heavy (non-hydrogen) atoms. The number of benzene rings is 1. The monoisotopic (exact) mass is 360 g/mol. The molecule has 2 aromatic rings. The largest absolute Gasteiger partial charge is 0.351 e. The van der Waals surface area contributed by atoms with E-state index in [1.54, 1.807) is 36.1 Å². The van der Waals surface area contributed by atoms with E-state index >= 15 is 0 Å². The highest BCUT2D eigenvalue weighted by atomic mass is 35.5. The number of nitrogens with zero attached hydrogens (tertiary/aromatic N) is 3. The maximum atomic E-state index is 12.7. The van der Waals surface area contributed by atoms with Gasteiger partial charge in [0.05, 0.1) is 10.6 Å². The summed E-state index contributed by atoms with van der Waals surface area (Å²) in [5, 5.41) is 7.38. The molecule has 0 aliphatic heterocycles. The quantitative estimate of drug-likeness (QED) is 0.771. The molecule has 7 heteroatoms. The third-order valence-corrected chi connectivity index (χ3v) is 4.49. The number of hydrogen-bond donors (Lipinski definition) is 1. The van der Waals surface area contributed by atoms with Crippen LogP contribution >= 0.6 is 11.6 Å². The van der Waals surface area contributed by atoms with E-state index in [9.17, 15) is 9.59 Å². The number of rotatable bonds is 7. The van der Waals surface area contributed by atoms with Gasteiger partial charge in [-0.1, -0.05) is 23.7 Å². The smallest absolute Gasteiger partial charge is 0.271 e. The third kappa shape index (κ3) is 4.39. The van der Waals surface area contributed by atoms with Gasteiger partial charge in [-0.05, 0) is 37.5 Å². The molecule has 2 amide bonds. The number of amides is 2. The summed E-state index contributed by atoms with van der Waals surface area (Å²) in [6, 6.07) is 9.07. The fourth-order valence-corrected chi connectivity index (χ4v) is 2.92. The van der Waals surface area contributed by atoms with Gasteiger partial charge < -0.3 is 10.2 Å². The van der Waals surface area contributed by atoms with Gasteiger partial charge in [-0.25, -0.2) is 0 Å². The lowest BCUT2D eigenvalue weighted by molar-refractivity contribution is 0.0741. The summed E-state index contributed by atoms with van der Waals surface area (Å²) in [5.74, 6) is -0.236. The van der Waals surface area contributed by atoms with Crippen molar-refractivity contribution >= 4 is 23.4 Å². The fraction of sp³-hybridized carbons (Fsp3) is 0.389. The SMILES string of the molecule is Cn1ccc(C(=O)NCCCN(C(=O)c2ccccc2Cl)C2CC2)n1. The van der Waals surface area contributed by atoms with Crippen LogP contribution in [0.25, 0.3) is 0 Å². The van der Waals surface area contributed by atoms with Crippen molar-refractivity contribution in [3.63, 3.8) is 0 Å². The maximum absolute atomic E-state index is 12.7. The van der Waals surface area contributed by atoms with Crippen LogP contribution in [0.4, 0.5) is 0 Å². The molecule has 0 atom stereocenters. The first-order chi connectivity index (χ1) is 12.1. The molecule has 6 nitrogen and oxygen atoms in total. The highest BCUT2D eigenvalue weighted by molar-refractivity contribution is 6.33. The van der Waals surface area contributed by atoms with E-state index in [0.29, 0.717) is 35.8 Å². The van der Waals surface area contributed by atoms with Gasteiger partial charge in [-0.2, -0.15) is 5.10 Å². The molecular formula is C18H21ClN4O2. The highest BCUT2D eigenvalue weighted by Crippen LogP contribution is 2.29. The number of carbonyl (C=O) groups is 2. The van der Waals surface area contributed by atoms with Crippen molar-refractivity contribution in [1.29, 1.82) is 0 Å². The standard InChI is InChI=1S/C18H21ClN4O2/c1-22-12-9-16(21-22)17(24)20-10-4-11-23(13-7-8-13)18(25)14-5-2-3-6-15(14)19/h2-3,5-6,9,12-13H,4,7-8,10-11H2,1H3,(H,20,24). The first kappa shape index (κ1) is 17.5. The molecule has 1 aliphatic rings. The van der Waals surface area contributed by atoms with Crippen LogP contribution in [0.15, 0.2) is 36.5 Å². The molecule has 1 heterocycles. The third-order valence-electron chi connectivity index (χ3n) is 4.16. The molecule has 0 unspecified atom stereocenters. The maximum Gasteiger partial charge on any atom is 0.271 e. The Kier molecular flexibility index (Phi) is 5.38. The summed E-state index contributed by atoms with van der Waals surface area (Å²) in [5.41, 5.74) is 0.933. The van der Waals surface area contributed by atoms with Crippen molar-refractivity contribution in [2.75, 3.05) is 13.1 Å². The van der Waals surface area contributed by atoms with Gasteiger partial charge >= 0.3 is 0 Å². The van der Waals surface area contributed by atoms with Gasteiger partial charge in [0.1, 0.15) is 5.69 Å². The second-order valence-corrected chi connectivity index (χ2v) is 6.60. The first-order valence-electron chi connectivity index (χ1n) is 8.39. The molecule has 1 saturated carbocycles. The zero-order valence-electron chi connectivity index (χ0n) is 14.1. The van der Waals surface area contributed by atoms with E-state index in [0.717, 1.165) is 12.8 Å². The van der Waals surface area contributed by atoms with Crippen molar-refractivity contribution in [3.8, 4) is 0 Å². The number of carbonyl (C=O) groups excluding carboxylic acids is 2. The predicted molar refractivity (Wildman–Crippen MR) is 95.7 cm³/mol. The minimum absolute atomic E-state index is 0.0378. The number of nitrogens with one attached hydrogen (secondary N) is 1. The van der Waals surface area contributed by atoms with E-state index in [-0.39, 0.29) is 17.9 Å². The van der Waals surface area contributed by atoms with Gasteiger partial charge in [0.2, 0.25) is 0 Å². The Labute approximate surface area is 151 Å². The van der Waals surface area contributed by atoms with Crippen LogP contribution in [0.5, 0.6) is 0 Å². The van der Waals surface area contributed by atoms with E-state index in [1.165, 1.54) is 0 Å². The zero-order chi connectivity index (χ0) is 17.8. The molecule has 1 aromatic heterocycles. The highest BCUT2D eigenvalue weighted by Gasteiger charge is 2.33. The summed E-state index contributed by atoms with van der Waals surface area (Å²) >= 11 is 6.15. The van der Waals surface area contributed by atoms with Crippen LogP contribution in [-0.4, -0.2) is 45.6 Å². The Bertz CT molecular complexity index is 770. The average Bonchev–Trinajstić information content (AvgIpc) is 3.34. The van der Waals surface area contributed by atoms with Crippen molar-refractivity contribution in [2.45, 2.75) is 25.3 Å². The molecule has 0 bridgehead atoms. The number of aryl methyl sites for hydroxylation is 1. The Balaban J connectivity index is 1.52. The second-order valence-electron chi connectivity index (χ2n) is 6.19. The normalized spacial score (nSPS) is 13.5. The molecule has 0 saturated heterocycles. The molecule has 132 valence electrons. The Morgan fingerprint density at radius 2 is 2.08 bits per heavy atom. The minimum Gasteiger partial charge on any atom is -0.351 e. The lowest BCUT2D eigenvalue weighted by Gasteiger charge is -2.23. The van der Waals surface area contributed by atoms with Crippen LogP contribution in [0.3, 0.4) is 0 Å². The topological polar surface area (TPSA) is 67.2 Å². The number of halogens is 1. The van der Waals surface area contributed by atoms with Gasteiger partial charge in [0.15, 0.2) is 0 Å². The van der Waals surface area contributed by atoms with Crippen LogP contribution in [0, 0.1) is 0 Å². The summed E-state index contributed by atoms with van der Waals surface area (Å²) in [7, 11) is 1.77. The lowest BCUT2D eigenvalue weighted by atomic mass is 10.2. The van der Waals surface area contributed by atoms with E-state index < -0.39 is 0 Å². The Morgan fingerprint density at radius 1 is 1.32 bits per heavy atom. The molecular weight excluding hydrogens is 340 g/mol. The summed E-state index contributed by atoms with van der Waals surface area (Å²) in [6.07, 6.45) is 4.46. The minimum atomic E-state index is -0.198. The second kappa shape index (κ2) is 7.70. The summed E-state index contributed by atoms with van der Waals surface area (Å²) in [6.45, 7) is 1.09. The van der Waals surface area contributed by atoms with E-state index in [2.05, 4.69) is 10.4 Å². The molecule has 1 fully saturated rings. The van der Waals surface area contributed by atoms with Crippen molar-refractivity contribution < 1.29 is 9.59 Å². The molecule has 1 aromatic carbocycles. The van der Waals surface area contributed by atoms with Crippen LogP contribution in [0.2, 0.25) is 5.02 Å². The van der Waals surface area contributed by atoms with Gasteiger partial charge in [0.25, 0.3) is 11.8 Å². The van der Waals surface area contributed by atoms with Gasteiger partial charge in [-0.3, -0.25) is 14.3 Å². The Morgan fingerprint density at radius 3 is 2.72 bits per heavy atom. The van der Waals surface area contributed by atoms with Crippen LogP contribution in [-0.2, 0) is 7.05 Å². The predicted octanol–water partition coefficient (Wildman–Crippen LogP) is 2.50. The molecule has 1 N–H and O–H groups in total. The molecule has 0 spiro atoms. The first-order valence-corrected chi connectivity index (χ1v) is 8.77. The van der Waals surface area contributed by atoms with Crippen molar-refractivity contribution in [2.24, 2.45) is 7.05 Å². The van der Waals surface area contributed by atoms with Crippen LogP contribution < -0.4 is 5.32 Å². The van der Waals surface area contributed by atoms with Crippen LogP contribution in [0.1, 0.15) is 40.1 Å². The molecule has 1 aliphatic carbocycles. The number of aromatic nitrogens is 2. The van der Waals surface area contributed by atoms with Crippen molar-refractivity contribution in [3.05, 3.63) is 52.8 Å². The molecule has 3 rings (SSSR count). The lowest BCUT2D eigenvalue weighted by Crippen LogP contribution is -2.36. The van der Waals surface area contributed by atoms with E-state index in [4.69, 9.17) is 11.6 Å². The van der Waals surface area contributed by atoms with Gasteiger partial charge in [0, 0.05) is 32.4 Å². The van der Waals surface area contributed by atoms with Crippen molar-refractivity contribution in [1.82, 2.24) is 20.0 Å². The Hall–Kier alpha value is -2.34. The average molecular weight is 361 g/mol.